The van der Waals surface area contributed by atoms with Crippen molar-refractivity contribution in [3.8, 4) is 11.3 Å². The molecular formula is C15H10N2O. The summed E-state index contributed by atoms with van der Waals surface area (Å²) in [7, 11) is 0. The van der Waals surface area contributed by atoms with Crippen molar-refractivity contribution in [3.05, 3.63) is 59.9 Å². The fourth-order valence-corrected chi connectivity index (χ4v) is 2.62. The predicted molar refractivity (Wildman–Crippen MR) is 71.4 cm³/mol. The van der Waals surface area contributed by atoms with E-state index in [0.717, 1.165) is 32.1 Å². The molecule has 0 radical (unpaired) electrons. The van der Waals surface area contributed by atoms with Crippen molar-refractivity contribution >= 4 is 21.8 Å². The molecule has 0 bridgehead atoms. The average molecular weight is 234 g/mol. The van der Waals surface area contributed by atoms with Crippen LogP contribution in [0.5, 0.6) is 0 Å². The molecule has 0 saturated carbocycles. The van der Waals surface area contributed by atoms with E-state index >= 15 is 0 Å². The van der Waals surface area contributed by atoms with Crippen LogP contribution in [0.2, 0.25) is 0 Å². The van der Waals surface area contributed by atoms with Gasteiger partial charge in [0.15, 0.2) is 0 Å². The number of nitrogens with one attached hydrogen (secondary N) is 1. The lowest BCUT2D eigenvalue weighted by atomic mass is 10.0. The van der Waals surface area contributed by atoms with Crippen LogP contribution in [0.3, 0.4) is 0 Å². The molecule has 0 aliphatic carbocycles. The molecule has 0 aromatic heterocycles. The molecule has 0 saturated heterocycles. The zero-order valence-electron chi connectivity index (χ0n) is 9.55. The van der Waals surface area contributed by atoms with Crippen molar-refractivity contribution in [2.45, 2.75) is 0 Å². The van der Waals surface area contributed by atoms with Crippen molar-refractivity contribution in [3.63, 3.8) is 0 Å². The molecule has 1 N–H and O–H groups in total. The number of benzene rings is 2. The van der Waals surface area contributed by atoms with Crippen molar-refractivity contribution in [2.75, 3.05) is 0 Å². The molecule has 2 aliphatic rings. The van der Waals surface area contributed by atoms with Gasteiger partial charge < -0.3 is 10.2 Å². The van der Waals surface area contributed by atoms with Gasteiger partial charge in [0.25, 0.3) is 0 Å². The Morgan fingerprint density at radius 2 is 1.61 bits per heavy atom. The molecule has 0 amide bonds. The number of nitrogens with zero attached hydrogens (tertiary/aromatic N) is 1. The molecule has 2 aromatic rings. The third-order valence-corrected chi connectivity index (χ3v) is 3.43. The number of aromatic amines is 1. The Morgan fingerprint density at radius 3 is 2.50 bits per heavy atom. The maximum Gasteiger partial charge on any atom is 0.241 e. The van der Waals surface area contributed by atoms with Gasteiger partial charge in [-0.15, -0.1) is 0 Å². The first kappa shape index (κ1) is 9.48. The zero-order valence-corrected chi connectivity index (χ0v) is 9.55. The Labute approximate surface area is 103 Å². The molecule has 2 heterocycles. The highest BCUT2D eigenvalue weighted by molar-refractivity contribution is 6.07. The third kappa shape index (κ3) is 1.06. The normalized spacial score (nSPS) is 11.6. The zero-order chi connectivity index (χ0) is 12.1. The third-order valence-electron chi connectivity index (χ3n) is 3.43. The summed E-state index contributed by atoms with van der Waals surface area (Å²) < 4.78 is 0.994. The van der Waals surface area contributed by atoms with Gasteiger partial charge in [0, 0.05) is 17.0 Å². The first-order valence-corrected chi connectivity index (χ1v) is 5.86. The average Bonchev–Trinajstić information content (AvgIpc) is 2.73. The Balaban J connectivity index is 2.36. The molecule has 0 unspecified atom stereocenters. The Hall–Kier alpha value is -2.55. The monoisotopic (exact) mass is 234 g/mol. The lowest BCUT2D eigenvalue weighted by molar-refractivity contribution is -0.562. The van der Waals surface area contributed by atoms with E-state index in [1.54, 1.807) is 6.20 Å². The Bertz CT molecular complexity index is 848. The van der Waals surface area contributed by atoms with Gasteiger partial charge in [-0.25, -0.2) is 0 Å². The second-order valence-corrected chi connectivity index (χ2v) is 4.41. The highest BCUT2D eigenvalue weighted by Gasteiger charge is 2.23. The summed E-state index contributed by atoms with van der Waals surface area (Å²) in [6, 6.07) is 15.8. The first-order valence-electron chi connectivity index (χ1n) is 5.86. The maximum atomic E-state index is 12.2. The molecule has 0 spiro atoms. The highest BCUT2D eigenvalue weighted by Crippen LogP contribution is 2.34. The van der Waals surface area contributed by atoms with Crippen molar-refractivity contribution in [1.82, 2.24) is 4.98 Å². The fraction of sp³-hybridized carbons (Fsp3) is 0. The van der Waals surface area contributed by atoms with E-state index in [9.17, 15) is 5.21 Å². The molecule has 2 aromatic carbocycles. The number of fused-ring (bicyclic) bond motifs is 5. The summed E-state index contributed by atoms with van der Waals surface area (Å²) in [4.78, 5) is 3.17. The summed E-state index contributed by atoms with van der Waals surface area (Å²) >= 11 is 0. The topological polar surface area (TPSA) is 42.7 Å². The van der Waals surface area contributed by atoms with Crippen molar-refractivity contribution in [1.29, 1.82) is 0 Å². The van der Waals surface area contributed by atoms with Crippen LogP contribution in [-0.4, -0.2) is 4.98 Å². The van der Waals surface area contributed by atoms with Crippen molar-refractivity contribution < 1.29 is 4.73 Å². The van der Waals surface area contributed by atoms with Gasteiger partial charge in [0.1, 0.15) is 0 Å². The number of rotatable bonds is 0. The minimum atomic E-state index is 0.690. The fourth-order valence-electron chi connectivity index (χ4n) is 2.62. The van der Waals surface area contributed by atoms with Crippen LogP contribution in [-0.2, 0) is 0 Å². The number of hydrogen-bond acceptors (Lipinski definition) is 1. The van der Waals surface area contributed by atoms with E-state index in [1.807, 2.05) is 48.5 Å². The van der Waals surface area contributed by atoms with Crippen LogP contribution in [0, 0.1) is 5.21 Å². The standard InChI is InChI=1S/C15H10N2O/c18-17-13-8-4-2-6-11(13)15-10-5-1-3-7-12(10)16-9-14(15)17/h1-9,16H. The van der Waals surface area contributed by atoms with E-state index in [-0.39, 0.29) is 0 Å². The number of para-hydroxylation sites is 2. The lowest BCUT2D eigenvalue weighted by Crippen LogP contribution is -2.25. The van der Waals surface area contributed by atoms with Gasteiger partial charge in [-0.3, -0.25) is 0 Å². The van der Waals surface area contributed by atoms with Gasteiger partial charge >= 0.3 is 0 Å². The van der Waals surface area contributed by atoms with Gasteiger partial charge in [-0.1, -0.05) is 30.3 Å². The van der Waals surface area contributed by atoms with Crippen molar-refractivity contribution in [2.24, 2.45) is 0 Å². The lowest BCUT2D eigenvalue weighted by Gasteiger charge is -2.03. The summed E-state index contributed by atoms with van der Waals surface area (Å²) in [6.07, 6.45) is 1.78. The van der Waals surface area contributed by atoms with Crippen LogP contribution >= 0.6 is 0 Å². The smallest absolute Gasteiger partial charge is 0.241 e. The summed E-state index contributed by atoms with van der Waals surface area (Å²) in [6.45, 7) is 0. The Kier molecular flexibility index (Phi) is 1.70. The minimum absolute atomic E-state index is 0.690. The van der Waals surface area contributed by atoms with E-state index < -0.39 is 0 Å². The molecule has 2 aliphatic heterocycles. The molecule has 4 rings (SSSR count). The second kappa shape index (κ2) is 3.23. The number of aromatic nitrogens is 2. The second-order valence-electron chi connectivity index (χ2n) is 4.41. The molecule has 86 valence electrons. The molecule has 18 heavy (non-hydrogen) atoms. The SMILES string of the molecule is [O-][n+]1c2c[nH]c3ccccc3c-2c2ccccc21. The van der Waals surface area contributed by atoms with Crippen LogP contribution in [0.1, 0.15) is 0 Å². The molecule has 0 fully saturated rings. The molecule has 3 nitrogen and oxygen atoms in total. The molecule has 0 atom stereocenters. The number of pyridine rings is 1. The molecule has 3 heteroatoms. The summed E-state index contributed by atoms with van der Waals surface area (Å²) in [5.74, 6) is 0. The van der Waals surface area contributed by atoms with Crippen LogP contribution in [0.4, 0.5) is 0 Å². The van der Waals surface area contributed by atoms with Crippen LogP contribution < -0.4 is 4.73 Å². The largest absolute Gasteiger partial charge is 0.618 e. The van der Waals surface area contributed by atoms with Crippen LogP contribution in [0.25, 0.3) is 33.1 Å². The van der Waals surface area contributed by atoms with Gasteiger partial charge in [-0.05, 0) is 12.1 Å². The van der Waals surface area contributed by atoms with E-state index in [0.29, 0.717) is 5.69 Å². The number of H-pyrrole nitrogens is 1. The van der Waals surface area contributed by atoms with Gasteiger partial charge in [-0.2, -0.15) is 4.73 Å². The van der Waals surface area contributed by atoms with E-state index in [4.69, 9.17) is 0 Å². The Morgan fingerprint density at radius 1 is 0.889 bits per heavy atom. The summed E-state index contributed by atoms with van der Waals surface area (Å²) in [5.41, 5.74) is 3.48. The summed E-state index contributed by atoms with van der Waals surface area (Å²) in [5, 5.41) is 14.3. The van der Waals surface area contributed by atoms with Gasteiger partial charge in [0.05, 0.1) is 17.1 Å². The first-order chi connectivity index (χ1) is 8.86. The molecular weight excluding hydrogens is 224 g/mol. The minimum Gasteiger partial charge on any atom is -0.618 e. The van der Waals surface area contributed by atoms with E-state index in [2.05, 4.69) is 4.98 Å². The predicted octanol–water partition coefficient (Wildman–Crippen LogP) is 3.06. The number of hydrogen-bond donors (Lipinski definition) is 1. The highest BCUT2D eigenvalue weighted by atomic mass is 16.5. The quantitative estimate of drug-likeness (QED) is 0.369. The van der Waals surface area contributed by atoms with Crippen LogP contribution in [0.15, 0.2) is 54.7 Å². The van der Waals surface area contributed by atoms with E-state index in [1.165, 1.54) is 0 Å². The van der Waals surface area contributed by atoms with Gasteiger partial charge in [0.2, 0.25) is 11.2 Å². The maximum absolute atomic E-state index is 12.2.